The molecule has 1 fully saturated rings. The van der Waals surface area contributed by atoms with Gasteiger partial charge in [0.2, 0.25) is 0 Å². The molecular formula is C12H16BrNO3. The predicted molar refractivity (Wildman–Crippen MR) is 66.7 cm³/mol. The zero-order valence-electron chi connectivity index (χ0n) is 9.56. The quantitative estimate of drug-likeness (QED) is 0.929. The smallest absolute Gasteiger partial charge is 0.304 e. The molecule has 0 bridgehead atoms. The molecule has 4 nitrogen and oxygen atoms in total. The molecule has 1 atom stereocenters. The number of likely N-dealkylation sites (tertiary alicyclic amines) is 1. The molecule has 1 unspecified atom stereocenters. The van der Waals surface area contributed by atoms with E-state index in [4.69, 9.17) is 9.52 Å². The molecule has 2 heterocycles. The van der Waals surface area contributed by atoms with Crippen molar-refractivity contribution in [3.8, 4) is 0 Å². The van der Waals surface area contributed by atoms with Crippen LogP contribution in [0.1, 0.15) is 31.4 Å². The van der Waals surface area contributed by atoms with Crippen molar-refractivity contribution in [2.45, 2.75) is 38.3 Å². The lowest BCUT2D eigenvalue weighted by Crippen LogP contribution is -2.40. The summed E-state index contributed by atoms with van der Waals surface area (Å²) in [6.07, 6.45) is 3.45. The molecule has 0 saturated carbocycles. The third-order valence-corrected chi connectivity index (χ3v) is 3.57. The number of aliphatic carboxylic acids is 1. The molecule has 0 aromatic carbocycles. The van der Waals surface area contributed by atoms with Gasteiger partial charge < -0.3 is 9.52 Å². The van der Waals surface area contributed by atoms with E-state index < -0.39 is 5.97 Å². The Labute approximate surface area is 109 Å². The van der Waals surface area contributed by atoms with Gasteiger partial charge in [0.05, 0.1) is 13.0 Å². The second-order valence-corrected chi connectivity index (χ2v) is 5.21. The molecular weight excluding hydrogens is 286 g/mol. The molecule has 1 saturated heterocycles. The Bertz CT molecular complexity index is 391. The lowest BCUT2D eigenvalue weighted by Gasteiger charge is -2.34. The minimum atomic E-state index is -0.720. The van der Waals surface area contributed by atoms with Gasteiger partial charge in [-0.2, -0.15) is 0 Å². The van der Waals surface area contributed by atoms with Gasteiger partial charge in [-0.1, -0.05) is 6.42 Å². The highest BCUT2D eigenvalue weighted by Crippen LogP contribution is 2.23. The van der Waals surface area contributed by atoms with E-state index in [1.165, 1.54) is 0 Å². The number of furan rings is 1. The van der Waals surface area contributed by atoms with Gasteiger partial charge in [0, 0.05) is 6.04 Å². The van der Waals surface area contributed by atoms with Gasteiger partial charge in [-0.15, -0.1) is 0 Å². The molecule has 1 aromatic heterocycles. The van der Waals surface area contributed by atoms with E-state index >= 15 is 0 Å². The number of nitrogens with zero attached hydrogens (tertiary/aromatic N) is 1. The molecule has 1 N–H and O–H groups in total. The number of piperidine rings is 1. The van der Waals surface area contributed by atoms with Crippen LogP contribution in [0.4, 0.5) is 0 Å². The fraction of sp³-hybridized carbons (Fsp3) is 0.583. The third kappa shape index (κ3) is 3.57. The van der Waals surface area contributed by atoms with E-state index in [1.54, 1.807) is 0 Å². The molecule has 1 aliphatic heterocycles. The summed E-state index contributed by atoms with van der Waals surface area (Å²) in [5.74, 6) is 0.164. The third-order valence-electron chi connectivity index (χ3n) is 3.15. The Kier molecular flexibility index (Phi) is 4.23. The van der Waals surface area contributed by atoms with Crippen molar-refractivity contribution in [3.63, 3.8) is 0 Å². The van der Waals surface area contributed by atoms with Gasteiger partial charge in [0.1, 0.15) is 5.76 Å². The van der Waals surface area contributed by atoms with Crippen LogP contribution in [0, 0.1) is 0 Å². The molecule has 5 heteroatoms. The Morgan fingerprint density at radius 3 is 3.00 bits per heavy atom. The van der Waals surface area contributed by atoms with Crippen LogP contribution < -0.4 is 0 Å². The molecule has 94 valence electrons. The molecule has 0 amide bonds. The maximum atomic E-state index is 10.8. The fourth-order valence-electron chi connectivity index (χ4n) is 2.34. The molecule has 17 heavy (non-hydrogen) atoms. The van der Waals surface area contributed by atoms with Crippen molar-refractivity contribution in [3.05, 3.63) is 22.6 Å². The molecule has 1 aromatic rings. The van der Waals surface area contributed by atoms with Gasteiger partial charge in [0.15, 0.2) is 4.67 Å². The highest BCUT2D eigenvalue weighted by atomic mass is 79.9. The molecule has 0 spiro atoms. The predicted octanol–water partition coefficient (Wildman–Crippen LogP) is 2.87. The fourth-order valence-corrected chi connectivity index (χ4v) is 2.68. The number of hydrogen-bond donors (Lipinski definition) is 1. The second-order valence-electron chi connectivity index (χ2n) is 4.42. The highest BCUT2D eigenvalue weighted by Gasteiger charge is 2.25. The summed E-state index contributed by atoms with van der Waals surface area (Å²) in [6.45, 7) is 1.65. The van der Waals surface area contributed by atoms with Crippen molar-refractivity contribution in [1.82, 2.24) is 4.90 Å². The van der Waals surface area contributed by atoms with Crippen LogP contribution in [0.3, 0.4) is 0 Å². The summed E-state index contributed by atoms with van der Waals surface area (Å²) in [6, 6.07) is 3.94. The minimum Gasteiger partial charge on any atom is -0.481 e. The normalized spacial score (nSPS) is 21.6. The Morgan fingerprint density at radius 1 is 1.53 bits per heavy atom. The average Bonchev–Trinajstić information content (AvgIpc) is 2.66. The monoisotopic (exact) mass is 301 g/mol. The first kappa shape index (κ1) is 12.6. The van der Waals surface area contributed by atoms with Crippen molar-refractivity contribution in [2.75, 3.05) is 6.54 Å². The number of carboxylic acid groups (broad SMARTS) is 1. The molecule has 0 radical (unpaired) electrons. The topological polar surface area (TPSA) is 53.7 Å². The lowest BCUT2D eigenvalue weighted by atomic mass is 9.99. The average molecular weight is 302 g/mol. The van der Waals surface area contributed by atoms with E-state index in [0.29, 0.717) is 6.54 Å². The lowest BCUT2D eigenvalue weighted by molar-refractivity contribution is -0.138. The van der Waals surface area contributed by atoms with Crippen LogP contribution in [0.25, 0.3) is 0 Å². The van der Waals surface area contributed by atoms with Crippen molar-refractivity contribution >= 4 is 21.9 Å². The summed E-state index contributed by atoms with van der Waals surface area (Å²) >= 11 is 3.27. The number of carbonyl (C=O) groups is 1. The summed E-state index contributed by atoms with van der Waals surface area (Å²) in [5.41, 5.74) is 0. The van der Waals surface area contributed by atoms with E-state index in [1.807, 2.05) is 12.1 Å². The van der Waals surface area contributed by atoms with Crippen molar-refractivity contribution in [1.29, 1.82) is 0 Å². The summed E-state index contributed by atoms with van der Waals surface area (Å²) in [7, 11) is 0. The first-order chi connectivity index (χ1) is 8.15. The van der Waals surface area contributed by atoms with Gasteiger partial charge in [0.25, 0.3) is 0 Å². The van der Waals surface area contributed by atoms with E-state index in [-0.39, 0.29) is 12.5 Å². The van der Waals surface area contributed by atoms with Crippen LogP contribution in [0.5, 0.6) is 0 Å². The minimum absolute atomic E-state index is 0.144. The standard InChI is InChI=1S/C12H16BrNO3/c13-11-5-4-10(17-11)8-14-6-2-1-3-9(14)7-12(15)16/h4-5,9H,1-3,6-8H2,(H,15,16). The molecule has 0 aliphatic carbocycles. The van der Waals surface area contributed by atoms with Gasteiger partial charge in [-0.05, 0) is 47.4 Å². The Morgan fingerprint density at radius 2 is 2.35 bits per heavy atom. The van der Waals surface area contributed by atoms with Crippen LogP contribution in [-0.2, 0) is 11.3 Å². The number of rotatable bonds is 4. The van der Waals surface area contributed by atoms with E-state index in [2.05, 4.69) is 20.8 Å². The first-order valence-corrected chi connectivity index (χ1v) is 6.64. The van der Waals surface area contributed by atoms with Crippen molar-refractivity contribution < 1.29 is 14.3 Å². The molecule has 2 rings (SSSR count). The van der Waals surface area contributed by atoms with Gasteiger partial charge >= 0.3 is 5.97 Å². The summed E-state index contributed by atoms with van der Waals surface area (Å²) < 4.78 is 6.19. The van der Waals surface area contributed by atoms with Gasteiger partial charge in [-0.3, -0.25) is 9.69 Å². The van der Waals surface area contributed by atoms with Crippen LogP contribution in [0.2, 0.25) is 0 Å². The maximum Gasteiger partial charge on any atom is 0.304 e. The first-order valence-electron chi connectivity index (χ1n) is 5.85. The second kappa shape index (κ2) is 5.69. The zero-order valence-corrected chi connectivity index (χ0v) is 11.1. The van der Waals surface area contributed by atoms with Crippen LogP contribution in [0.15, 0.2) is 21.2 Å². The van der Waals surface area contributed by atoms with Gasteiger partial charge in [-0.25, -0.2) is 0 Å². The Hall–Kier alpha value is -0.810. The number of halogens is 1. The largest absolute Gasteiger partial charge is 0.481 e. The maximum absolute atomic E-state index is 10.8. The zero-order chi connectivity index (χ0) is 12.3. The highest BCUT2D eigenvalue weighted by molar-refractivity contribution is 9.10. The number of hydrogen-bond acceptors (Lipinski definition) is 3. The Balaban J connectivity index is 1.98. The van der Waals surface area contributed by atoms with E-state index in [0.717, 1.165) is 36.2 Å². The number of carboxylic acids is 1. The van der Waals surface area contributed by atoms with Crippen LogP contribution in [-0.4, -0.2) is 28.6 Å². The molecule has 1 aliphatic rings. The summed E-state index contributed by atoms with van der Waals surface area (Å²) in [4.78, 5) is 13.0. The van der Waals surface area contributed by atoms with E-state index in [9.17, 15) is 4.79 Å². The summed E-state index contributed by atoms with van der Waals surface area (Å²) in [5, 5.41) is 8.90. The van der Waals surface area contributed by atoms with Crippen molar-refractivity contribution in [2.24, 2.45) is 0 Å². The SMILES string of the molecule is O=C(O)CC1CCCCN1Cc1ccc(Br)o1. The van der Waals surface area contributed by atoms with Crippen LogP contribution >= 0.6 is 15.9 Å².